The molecule has 0 spiro atoms. The van der Waals surface area contributed by atoms with Crippen LogP contribution in [0.15, 0.2) is 22.7 Å². The fourth-order valence-corrected chi connectivity index (χ4v) is 1.78. The van der Waals surface area contributed by atoms with Crippen LogP contribution in [0.5, 0.6) is 0 Å². The highest BCUT2D eigenvalue weighted by Gasteiger charge is 2.16. The van der Waals surface area contributed by atoms with Gasteiger partial charge in [0.1, 0.15) is 5.60 Å². The second-order valence-electron chi connectivity index (χ2n) is 4.91. The minimum absolute atomic E-state index is 0.0662. The SMILES string of the molecule is CC(=O)c1cc(Br)cc(NC(=O)OC(C)(C)C)c1. The van der Waals surface area contributed by atoms with Gasteiger partial charge in [-0.25, -0.2) is 4.79 Å². The minimum atomic E-state index is -0.556. The second-order valence-corrected chi connectivity index (χ2v) is 5.83. The van der Waals surface area contributed by atoms with Crippen molar-refractivity contribution in [3.8, 4) is 0 Å². The molecule has 0 aliphatic carbocycles. The van der Waals surface area contributed by atoms with Crippen LogP contribution in [0.2, 0.25) is 0 Å². The van der Waals surface area contributed by atoms with Gasteiger partial charge in [-0.1, -0.05) is 15.9 Å². The van der Waals surface area contributed by atoms with Crippen LogP contribution in [0, 0.1) is 0 Å². The molecule has 0 bridgehead atoms. The van der Waals surface area contributed by atoms with Crippen molar-refractivity contribution >= 4 is 33.5 Å². The first-order valence-corrected chi connectivity index (χ1v) is 6.28. The monoisotopic (exact) mass is 313 g/mol. The maximum Gasteiger partial charge on any atom is 0.412 e. The molecule has 0 aliphatic rings. The lowest BCUT2D eigenvalue weighted by Crippen LogP contribution is -2.27. The molecule has 4 nitrogen and oxygen atoms in total. The number of halogens is 1. The van der Waals surface area contributed by atoms with Crippen molar-refractivity contribution < 1.29 is 14.3 Å². The number of Topliss-reactive ketones (excluding diaryl/α,β-unsaturated/α-hetero) is 1. The topological polar surface area (TPSA) is 55.4 Å². The Hall–Kier alpha value is -1.36. The molecule has 1 aromatic rings. The van der Waals surface area contributed by atoms with Gasteiger partial charge in [0.05, 0.1) is 0 Å². The number of amides is 1. The molecule has 0 unspecified atom stereocenters. The Morgan fingerprint density at radius 2 is 1.83 bits per heavy atom. The second kappa shape index (κ2) is 5.52. The van der Waals surface area contributed by atoms with Gasteiger partial charge in [0.25, 0.3) is 0 Å². The Kier molecular flexibility index (Phi) is 4.51. The van der Waals surface area contributed by atoms with Crippen LogP contribution >= 0.6 is 15.9 Å². The molecule has 5 heteroatoms. The summed E-state index contributed by atoms with van der Waals surface area (Å²) >= 11 is 3.29. The quantitative estimate of drug-likeness (QED) is 0.840. The smallest absolute Gasteiger partial charge is 0.412 e. The van der Waals surface area contributed by atoms with Gasteiger partial charge in [0.2, 0.25) is 0 Å². The van der Waals surface area contributed by atoms with Crippen LogP contribution < -0.4 is 5.32 Å². The van der Waals surface area contributed by atoms with Gasteiger partial charge in [-0.3, -0.25) is 10.1 Å². The highest BCUT2D eigenvalue weighted by atomic mass is 79.9. The van der Waals surface area contributed by atoms with Crippen molar-refractivity contribution in [2.24, 2.45) is 0 Å². The van der Waals surface area contributed by atoms with Gasteiger partial charge in [-0.05, 0) is 45.9 Å². The summed E-state index contributed by atoms with van der Waals surface area (Å²) in [5.74, 6) is -0.0662. The van der Waals surface area contributed by atoms with Crippen LogP contribution in [0.3, 0.4) is 0 Å². The van der Waals surface area contributed by atoms with E-state index in [4.69, 9.17) is 4.74 Å². The standard InChI is InChI=1S/C13H16BrNO3/c1-8(16)9-5-10(14)7-11(6-9)15-12(17)18-13(2,3)4/h5-7H,1-4H3,(H,15,17). The molecule has 1 amide bonds. The Labute approximate surface area is 115 Å². The first kappa shape index (κ1) is 14.7. The highest BCUT2D eigenvalue weighted by molar-refractivity contribution is 9.10. The summed E-state index contributed by atoms with van der Waals surface area (Å²) < 4.78 is 5.85. The number of carbonyl (C=O) groups excluding carboxylic acids is 2. The molecular formula is C13H16BrNO3. The van der Waals surface area contributed by atoms with Crippen LogP contribution in [0.4, 0.5) is 10.5 Å². The average molecular weight is 314 g/mol. The van der Waals surface area contributed by atoms with E-state index < -0.39 is 11.7 Å². The molecular weight excluding hydrogens is 298 g/mol. The number of carbonyl (C=O) groups is 2. The fraction of sp³-hybridized carbons (Fsp3) is 0.385. The summed E-state index contributed by atoms with van der Waals surface area (Å²) in [5.41, 5.74) is 0.485. The summed E-state index contributed by atoms with van der Waals surface area (Å²) in [6.07, 6.45) is -0.546. The van der Waals surface area contributed by atoms with E-state index in [9.17, 15) is 9.59 Å². The first-order valence-electron chi connectivity index (χ1n) is 5.49. The Balaban J connectivity index is 2.85. The summed E-state index contributed by atoms with van der Waals surface area (Å²) in [7, 11) is 0. The molecule has 1 aromatic carbocycles. The van der Waals surface area contributed by atoms with Crippen molar-refractivity contribution in [1.29, 1.82) is 0 Å². The molecule has 0 saturated heterocycles. The third kappa shape index (κ3) is 4.87. The molecule has 18 heavy (non-hydrogen) atoms. The average Bonchev–Trinajstić information content (AvgIpc) is 2.12. The van der Waals surface area contributed by atoms with E-state index in [0.717, 1.165) is 4.47 Å². The van der Waals surface area contributed by atoms with Crippen molar-refractivity contribution in [3.05, 3.63) is 28.2 Å². The predicted molar refractivity (Wildman–Crippen MR) is 74.0 cm³/mol. The van der Waals surface area contributed by atoms with E-state index in [1.165, 1.54) is 6.92 Å². The summed E-state index contributed by atoms with van der Waals surface area (Å²) in [6.45, 7) is 6.83. The van der Waals surface area contributed by atoms with Gasteiger partial charge in [-0.2, -0.15) is 0 Å². The molecule has 0 fully saturated rings. The van der Waals surface area contributed by atoms with E-state index in [-0.39, 0.29) is 5.78 Å². The lowest BCUT2D eigenvalue weighted by Gasteiger charge is -2.19. The van der Waals surface area contributed by atoms with Crippen molar-refractivity contribution in [3.63, 3.8) is 0 Å². The van der Waals surface area contributed by atoms with Gasteiger partial charge in [0, 0.05) is 15.7 Å². The van der Waals surface area contributed by atoms with Crippen LogP contribution in [0.25, 0.3) is 0 Å². The van der Waals surface area contributed by atoms with Crippen LogP contribution in [-0.2, 0) is 4.74 Å². The molecule has 0 saturated carbocycles. The number of hydrogen-bond acceptors (Lipinski definition) is 3. The third-order valence-electron chi connectivity index (χ3n) is 1.95. The van der Waals surface area contributed by atoms with E-state index in [0.29, 0.717) is 11.3 Å². The summed E-state index contributed by atoms with van der Waals surface area (Å²) in [6, 6.07) is 5.01. The Morgan fingerprint density at radius 1 is 1.22 bits per heavy atom. The Bertz CT molecular complexity index is 478. The van der Waals surface area contributed by atoms with E-state index in [1.807, 2.05) is 0 Å². The summed E-state index contributed by atoms with van der Waals surface area (Å²) in [5, 5.41) is 2.59. The van der Waals surface area contributed by atoms with Gasteiger partial charge in [0.15, 0.2) is 5.78 Å². The number of ketones is 1. The molecule has 0 radical (unpaired) electrons. The lowest BCUT2D eigenvalue weighted by molar-refractivity contribution is 0.0635. The van der Waals surface area contributed by atoms with Crippen molar-refractivity contribution in [2.75, 3.05) is 5.32 Å². The van der Waals surface area contributed by atoms with E-state index >= 15 is 0 Å². The number of hydrogen-bond donors (Lipinski definition) is 1. The highest BCUT2D eigenvalue weighted by Crippen LogP contribution is 2.20. The van der Waals surface area contributed by atoms with E-state index in [2.05, 4.69) is 21.2 Å². The van der Waals surface area contributed by atoms with Crippen LogP contribution in [-0.4, -0.2) is 17.5 Å². The zero-order valence-electron chi connectivity index (χ0n) is 10.8. The molecule has 1 rings (SSSR count). The number of nitrogens with one attached hydrogen (secondary N) is 1. The first-order chi connectivity index (χ1) is 8.17. The fourth-order valence-electron chi connectivity index (χ4n) is 1.29. The minimum Gasteiger partial charge on any atom is -0.444 e. The summed E-state index contributed by atoms with van der Waals surface area (Å²) in [4.78, 5) is 22.9. The van der Waals surface area contributed by atoms with Crippen molar-refractivity contribution in [2.45, 2.75) is 33.3 Å². The van der Waals surface area contributed by atoms with Gasteiger partial charge in [-0.15, -0.1) is 0 Å². The molecule has 0 atom stereocenters. The van der Waals surface area contributed by atoms with Gasteiger partial charge < -0.3 is 4.74 Å². The lowest BCUT2D eigenvalue weighted by atomic mass is 10.1. The van der Waals surface area contributed by atoms with Crippen LogP contribution in [0.1, 0.15) is 38.1 Å². The predicted octanol–water partition coefficient (Wildman–Crippen LogP) is 4.00. The maximum absolute atomic E-state index is 11.6. The maximum atomic E-state index is 11.6. The number of rotatable bonds is 2. The molecule has 98 valence electrons. The molecule has 1 N–H and O–H groups in total. The third-order valence-corrected chi connectivity index (χ3v) is 2.41. The zero-order chi connectivity index (χ0) is 13.9. The zero-order valence-corrected chi connectivity index (χ0v) is 12.4. The molecule has 0 aromatic heterocycles. The number of ether oxygens (including phenoxy) is 1. The number of anilines is 1. The molecule has 0 aliphatic heterocycles. The Morgan fingerprint density at radius 3 is 2.33 bits per heavy atom. The normalized spacial score (nSPS) is 10.9. The largest absolute Gasteiger partial charge is 0.444 e. The van der Waals surface area contributed by atoms with Gasteiger partial charge >= 0.3 is 6.09 Å². The number of benzene rings is 1. The van der Waals surface area contributed by atoms with Crippen molar-refractivity contribution in [1.82, 2.24) is 0 Å². The van der Waals surface area contributed by atoms with E-state index in [1.54, 1.807) is 39.0 Å². The molecule has 0 heterocycles.